The van der Waals surface area contributed by atoms with E-state index in [-0.39, 0.29) is 0 Å². The molecule has 0 radical (unpaired) electrons. The first-order chi connectivity index (χ1) is 10.4. The molecule has 0 fully saturated rings. The zero-order valence-electron chi connectivity index (χ0n) is 11.7. The molecule has 0 bridgehead atoms. The summed E-state index contributed by atoms with van der Waals surface area (Å²) in [5, 5.41) is 1.01. The summed E-state index contributed by atoms with van der Waals surface area (Å²) in [4.78, 5) is 8.69. The molecule has 0 atom stereocenters. The Morgan fingerprint density at radius 3 is 2.76 bits per heavy atom. The van der Waals surface area contributed by atoms with Crippen LogP contribution in [-0.2, 0) is 0 Å². The Morgan fingerprint density at radius 2 is 1.95 bits per heavy atom. The van der Waals surface area contributed by atoms with Crippen molar-refractivity contribution in [2.24, 2.45) is 5.73 Å². The molecular formula is C16H17N3OS. The topological polar surface area (TPSA) is 61.0 Å². The van der Waals surface area contributed by atoms with E-state index in [0.717, 1.165) is 39.4 Å². The van der Waals surface area contributed by atoms with Crippen molar-refractivity contribution in [3.05, 3.63) is 42.7 Å². The highest BCUT2D eigenvalue weighted by atomic mass is 32.1. The van der Waals surface area contributed by atoms with Crippen molar-refractivity contribution < 1.29 is 4.74 Å². The lowest BCUT2D eigenvalue weighted by Crippen LogP contribution is -2.03. The summed E-state index contributed by atoms with van der Waals surface area (Å²) in [5.41, 5.74) is 7.57. The highest BCUT2D eigenvalue weighted by molar-refractivity contribution is 7.21. The number of fused-ring (bicyclic) bond motifs is 1. The molecule has 5 heteroatoms. The molecule has 2 heterocycles. The van der Waals surface area contributed by atoms with Crippen LogP contribution in [0.2, 0.25) is 0 Å². The highest BCUT2D eigenvalue weighted by Crippen LogP contribution is 2.32. The van der Waals surface area contributed by atoms with Crippen LogP contribution in [0.25, 0.3) is 20.8 Å². The van der Waals surface area contributed by atoms with Gasteiger partial charge in [0, 0.05) is 18.0 Å². The first-order valence-corrected chi connectivity index (χ1v) is 7.82. The largest absolute Gasteiger partial charge is 0.494 e. The Labute approximate surface area is 127 Å². The van der Waals surface area contributed by atoms with Crippen LogP contribution >= 0.6 is 11.3 Å². The van der Waals surface area contributed by atoms with Crippen molar-refractivity contribution >= 4 is 21.6 Å². The molecule has 3 aromatic rings. The average molecular weight is 299 g/mol. The second-order valence-electron chi connectivity index (χ2n) is 4.73. The van der Waals surface area contributed by atoms with Gasteiger partial charge in [-0.1, -0.05) is 0 Å². The predicted octanol–water partition coefficient (Wildman–Crippen LogP) is 3.48. The summed E-state index contributed by atoms with van der Waals surface area (Å²) in [6.07, 6.45) is 5.55. The van der Waals surface area contributed by atoms with Gasteiger partial charge in [-0.3, -0.25) is 4.98 Å². The van der Waals surface area contributed by atoms with Crippen LogP contribution < -0.4 is 10.5 Å². The van der Waals surface area contributed by atoms with E-state index in [4.69, 9.17) is 10.5 Å². The van der Waals surface area contributed by atoms with Crippen LogP contribution in [0.1, 0.15) is 12.8 Å². The highest BCUT2D eigenvalue weighted by Gasteiger charge is 2.07. The van der Waals surface area contributed by atoms with Gasteiger partial charge in [0.25, 0.3) is 0 Å². The van der Waals surface area contributed by atoms with Gasteiger partial charge in [-0.05, 0) is 49.7 Å². The van der Waals surface area contributed by atoms with Gasteiger partial charge >= 0.3 is 0 Å². The third-order valence-electron chi connectivity index (χ3n) is 3.15. The molecule has 0 aliphatic rings. The Morgan fingerprint density at radius 1 is 1.10 bits per heavy atom. The SMILES string of the molecule is NCCCCOc1ccc2nc(-c3ccncc3)sc2c1. The zero-order valence-corrected chi connectivity index (χ0v) is 12.5. The van der Waals surface area contributed by atoms with E-state index in [1.807, 2.05) is 24.3 Å². The number of nitrogens with zero attached hydrogens (tertiary/aromatic N) is 2. The minimum atomic E-state index is 0.707. The monoisotopic (exact) mass is 299 g/mol. The lowest BCUT2D eigenvalue weighted by atomic mass is 10.3. The van der Waals surface area contributed by atoms with Gasteiger partial charge in [0.05, 0.1) is 16.8 Å². The Balaban J connectivity index is 1.79. The van der Waals surface area contributed by atoms with Gasteiger partial charge in [-0.25, -0.2) is 4.98 Å². The number of pyridine rings is 1. The fourth-order valence-corrected chi connectivity index (χ4v) is 3.05. The molecule has 1 aromatic carbocycles. The minimum Gasteiger partial charge on any atom is -0.494 e. The molecule has 108 valence electrons. The summed E-state index contributed by atoms with van der Waals surface area (Å²) in [5.74, 6) is 0.893. The van der Waals surface area contributed by atoms with Crippen LogP contribution in [-0.4, -0.2) is 23.1 Å². The number of hydrogen-bond acceptors (Lipinski definition) is 5. The van der Waals surface area contributed by atoms with Crippen molar-refractivity contribution in [1.29, 1.82) is 0 Å². The summed E-state index contributed by atoms with van der Waals surface area (Å²) in [6, 6.07) is 9.99. The van der Waals surface area contributed by atoms with E-state index in [2.05, 4.69) is 16.0 Å². The van der Waals surface area contributed by atoms with Gasteiger partial charge in [-0.15, -0.1) is 11.3 Å². The number of rotatable bonds is 6. The minimum absolute atomic E-state index is 0.707. The van der Waals surface area contributed by atoms with Crippen molar-refractivity contribution in [3.8, 4) is 16.3 Å². The number of nitrogens with two attached hydrogens (primary N) is 1. The Bertz CT molecular complexity index is 712. The first-order valence-electron chi connectivity index (χ1n) is 7.00. The standard InChI is InChI=1S/C16H17N3OS/c17-7-1-2-10-20-13-3-4-14-15(11-13)21-16(19-14)12-5-8-18-9-6-12/h3-6,8-9,11H,1-2,7,10,17H2. The molecule has 3 rings (SSSR count). The lowest BCUT2D eigenvalue weighted by molar-refractivity contribution is 0.308. The molecule has 0 saturated heterocycles. The van der Waals surface area contributed by atoms with E-state index >= 15 is 0 Å². The van der Waals surface area contributed by atoms with Crippen LogP contribution in [0, 0.1) is 0 Å². The number of unbranched alkanes of at least 4 members (excludes halogenated alkanes) is 1. The molecule has 2 N–H and O–H groups in total. The van der Waals surface area contributed by atoms with E-state index in [9.17, 15) is 0 Å². The van der Waals surface area contributed by atoms with E-state index in [1.54, 1.807) is 23.7 Å². The van der Waals surface area contributed by atoms with E-state index in [1.165, 1.54) is 0 Å². The maximum Gasteiger partial charge on any atom is 0.124 e. The fourth-order valence-electron chi connectivity index (χ4n) is 2.05. The van der Waals surface area contributed by atoms with Crippen molar-refractivity contribution in [2.75, 3.05) is 13.2 Å². The van der Waals surface area contributed by atoms with Gasteiger partial charge in [-0.2, -0.15) is 0 Å². The van der Waals surface area contributed by atoms with Crippen LogP contribution in [0.5, 0.6) is 5.75 Å². The van der Waals surface area contributed by atoms with Crippen molar-refractivity contribution in [3.63, 3.8) is 0 Å². The lowest BCUT2D eigenvalue weighted by Gasteiger charge is -2.04. The maximum atomic E-state index is 5.74. The molecule has 0 aliphatic heterocycles. The average Bonchev–Trinajstić information content (AvgIpc) is 2.96. The molecule has 0 spiro atoms. The summed E-state index contributed by atoms with van der Waals surface area (Å²) >= 11 is 1.67. The number of hydrogen-bond donors (Lipinski definition) is 1. The van der Waals surface area contributed by atoms with Gasteiger partial charge in [0.15, 0.2) is 0 Å². The molecule has 4 nitrogen and oxygen atoms in total. The zero-order chi connectivity index (χ0) is 14.5. The fraction of sp³-hybridized carbons (Fsp3) is 0.250. The van der Waals surface area contributed by atoms with Gasteiger partial charge in [0.1, 0.15) is 10.8 Å². The quantitative estimate of drug-likeness (QED) is 0.708. The first kappa shape index (κ1) is 14.0. The predicted molar refractivity (Wildman–Crippen MR) is 86.6 cm³/mol. The van der Waals surface area contributed by atoms with E-state index in [0.29, 0.717) is 13.2 Å². The van der Waals surface area contributed by atoms with Crippen LogP contribution in [0.4, 0.5) is 0 Å². The number of thiazole rings is 1. The summed E-state index contributed by atoms with van der Waals surface area (Å²) < 4.78 is 6.88. The molecule has 21 heavy (non-hydrogen) atoms. The van der Waals surface area contributed by atoms with Gasteiger partial charge in [0.2, 0.25) is 0 Å². The molecule has 0 amide bonds. The summed E-state index contributed by atoms with van der Waals surface area (Å²) in [7, 11) is 0. The second kappa shape index (κ2) is 6.65. The normalized spacial score (nSPS) is 10.9. The molecule has 2 aromatic heterocycles. The third-order valence-corrected chi connectivity index (χ3v) is 4.22. The van der Waals surface area contributed by atoms with E-state index < -0.39 is 0 Å². The Kier molecular flexibility index (Phi) is 4.43. The number of benzene rings is 1. The smallest absolute Gasteiger partial charge is 0.124 e. The van der Waals surface area contributed by atoms with Crippen LogP contribution in [0.15, 0.2) is 42.7 Å². The third kappa shape index (κ3) is 3.37. The molecule has 0 aliphatic carbocycles. The molecule has 0 saturated carbocycles. The maximum absolute atomic E-state index is 5.74. The second-order valence-corrected chi connectivity index (χ2v) is 5.76. The van der Waals surface area contributed by atoms with Crippen molar-refractivity contribution in [2.45, 2.75) is 12.8 Å². The van der Waals surface area contributed by atoms with Crippen molar-refractivity contribution in [1.82, 2.24) is 9.97 Å². The number of aromatic nitrogens is 2. The molecular weight excluding hydrogens is 282 g/mol. The van der Waals surface area contributed by atoms with Crippen LogP contribution in [0.3, 0.4) is 0 Å². The van der Waals surface area contributed by atoms with Gasteiger partial charge < -0.3 is 10.5 Å². The number of ether oxygens (including phenoxy) is 1. The summed E-state index contributed by atoms with van der Waals surface area (Å²) in [6.45, 7) is 1.42. The Hall–Kier alpha value is -1.98. The molecule has 0 unspecified atom stereocenters.